The molecule has 0 spiro atoms. The minimum absolute atomic E-state index is 0.0224. The summed E-state index contributed by atoms with van der Waals surface area (Å²) in [6.07, 6.45) is 2.12. The second-order valence-corrected chi connectivity index (χ2v) is 8.42. The van der Waals surface area contributed by atoms with Gasteiger partial charge in [0.2, 0.25) is 15.9 Å². The maximum Gasteiger partial charge on any atom is 0.224 e. The molecule has 1 rings (SSSR count). The van der Waals surface area contributed by atoms with Gasteiger partial charge in [0.05, 0.1) is 6.26 Å². The number of rotatable bonds is 9. The summed E-state index contributed by atoms with van der Waals surface area (Å²) in [5.74, 6) is -0.0224. The smallest absolute Gasteiger partial charge is 0.224 e. The fourth-order valence-corrected chi connectivity index (χ4v) is 3.83. The summed E-state index contributed by atoms with van der Waals surface area (Å²) in [5, 5.41) is 0. The van der Waals surface area contributed by atoms with E-state index in [-0.39, 0.29) is 31.0 Å². The van der Waals surface area contributed by atoms with Crippen LogP contribution in [-0.2, 0) is 21.4 Å². The third-order valence-corrected chi connectivity index (χ3v) is 5.59. The SMILES string of the molecule is CCC(C)N(CCC(=O)N(Cc1ccccc1)C(C)C)S(C)(=O)=O. The number of carbonyl (C=O) groups excluding carboxylic acids is 1. The summed E-state index contributed by atoms with van der Waals surface area (Å²) in [5.41, 5.74) is 1.07. The standard InChI is InChI=1S/C18H30N2O3S/c1-6-16(4)20(24(5,22)23)13-12-18(21)19(15(2)3)14-17-10-8-7-9-11-17/h7-11,15-16H,6,12-14H2,1-5H3. The highest BCUT2D eigenvalue weighted by Gasteiger charge is 2.25. The molecule has 136 valence electrons. The van der Waals surface area contributed by atoms with Crippen LogP contribution in [0.3, 0.4) is 0 Å². The third kappa shape index (κ3) is 6.24. The van der Waals surface area contributed by atoms with Crippen molar-refractivity contribution in [2.75, 3.05) is 12.8 Å². The van der Waals surface area contributed by atoms with Gasteiger partial charge >= 0.3 is 0 Å². The molecule has 0 aliphatic rings. The van der Waals surface area contributed by atoms with Crippen LogP contribution in [-0.4, -0.2) is 48.4 Å². The Bertz CT molecular complexity index is 614. The molecule has 0 radical (unpaired) electrons. The van der Waals surface area contributed by atoms with Crippen molar-refractivity contribution in [1.82, 2.24) is 9.21 Å². The number of hydrogen-bond acceptors (Lipinski definition) is 3. The van der Waals surface area contributed by atoms with Gasteiger partial charge < -0.3 is 4.90 Å². The summed E-state index contributed by atoms with van der Waals surface area (Å²) in [6.45, 7) is 8.54. The Balaban J connectivity index is 2.78. The highest BCUT2D eigenvalue weighted by Crippen LogP contribution is 2.13. The second kappa shape index (κ2) is 9.18. The molecule has 0 aromatic heterocycles. The Kier molecular flexibility index (Phi) is 7.90. The zero-order valence-corrected chi connectivity index (χ0v) is 16.2. The zero-order valence-electron chi connectivity index (χ0n) is 15.4. The molecular formula is C18H30N2O3S. The molecule has 5 nitrogen and oxygen atoms in total. The molecule has 6 heteroatoms. The van der Waals surface area contributed by atoms with Crippen LogP contribution in [0.5, 0.6) is 0 Å². The monoisotopic (exact) mass is 354 g/mol. The first-order chi connectivity index (χ1) is 11.2. The average molecular weight is 355 g/mol. The quantitative estimate of drug-likeness (QED) is 0.685. The number of amides is 1. The molecule has 1 atom stereocenters. The highest BCUT2D eigenvalue weighted by atomic mass is 32.2. The predicted molar refractivity (Wildman–Crippen MR) is 98.0 cm³/mol. The van der Waals surface area contributed by atoms with Crippen LogP contribution in [0.15, 0.2) is 30.3 Å². The van der Waals surface area contributed by atoms with Gasteiger partial charge in [0.25, 0.3) is 0 Å². The first-order valence-corrected chi connectivity index (χ1v) is 10.3. The summed E-state index contributed by atoms with van der Waals surface area (Å²) in [6, 6.07) is 9.79. The van der Waals surface area contributed by atoms with Crippen LogP contribution >= 0.6 is 0 Å². The van der Waals surface area contributed by atoms with Crippen LogP contribution in [0, 0.1) is 0 Å². The minimum Gasteiger partial charge on any atom is -0.336 e. The van der Waals surface area contributed by atoms with E-state index < -0.39 is 10.0 Å². The van der Waals surface area contributed by atoms with Crippen molar-refractivity contribution in [3.8, 4) is 0 Å². The van der Waals surface area contributed by atoms with Crippen molar-refractivity contribution < 1.29 is 13.2 Å². The molecular weight excluding hydrogens is 324 g/mol. The molecule has 1 amide bonds. The largest absolute Gasteiger partial charge is 0.336 e. The molecule has 0 saturated heterocycles. The lowest BCUT2D eigenvalue weighted by Gasteiger charge is -2.30. The van der Waals surface area contributed by atoms with Gasteiger partial charge in [0, 0.05) is 31.6 Å². The van der Waals surface area contributed by atoms with Gasteiger partial charge in [-0.3, -0.25) is 4.79 Å². The van der Waals surface area contributed by atoms with Crippen molar-refractivity contribution in [2.45, 2.75) is 59.2 Å². The van der Waals surface area contributed by atoms with Gasteiger partial charge in [-0.1, -0.05) is 37.3 Å². The molecule has 0 aliphatic heterocycles. The van der Waals surface area contributed by atoms with E-state index in [2.05, 4.69) is 0 Å². The number of carbonyl (C=O) groups is 1. The Labute approximate surface area is 146 Å². The summed E-state index contributed by atoms with van der Waals surface area (Å²) in [7, 11) is -3.31. The molecule has 0 bridgehead atoms. The Hall–Kier alpha value is -1.40. The number of sulfonamides is 1. The van der Waals surface area contributed by atoms with Gasteiger partial charge in [-0.05, 0) is 32.8 Å². The minimum atomic E-state index is -3.31. The van der Waals surface area contributed by atoms with Gasteiger partial charge in [-0.25, -0.2) is 8.42 Å². The Morgan fingerprint density at radius 1 is 1.12 bits per heavy atom. The van der Waals surface area contributed by atoms with Crippen molar-refractivity contribution in [3.63, 3.8) is 0 Å². The molecule has 0 N–H and O–H groups in total. The first kappa shape index (κ1) is 20.6. The van der Waals surface area contributed by atoms with Crippen LogP contribution in [0.2, 0.25) is 0 Å². The maximum absolute atomic E-state index is 12.6. The summed E-state index contributed by atoms with van der Waals surface area (Å²) in [4.78, 5) is 14.4. The highest BCUT2D eigenvalue weighted by molar-refractivity contribution is 7.88. The Morgan fingerprint density at radius 2 is 1.71 bits per heavy atom. The van der Waals surface area contributed by atoms with Crippen molar-refractivity contribution >= 4 is 15.9 Å². The number of nitrogens with zero attached hydrogens (tertiary/aromatic N) is 2. The average Bonchev–Trinajstić information content (AvgIpc) is 2.51. The number of benzene rings is 1. The molecule has 24 heavy (non-hydrogen) atoms. The molecule has 0 saturated carbocycles. The molecule has 0 aliphatic carbocycles. The lowest BCUT2D eigenvalue weighted by molar-refractivity contribution is -0.133. The van der Waals surface area contributed by atoms with E-state index in [1.54, 1.807) is 4.90 Å². The van der Waals surface area contributed by atoms with Gasteiger partial charge in [0.15, 0.2) is 0 Å². The summed E-state index contributed by atoms with van der Waals surface area (Å²) >= 11 is 0. The van der Waals surface area contributed by atoms with Crippen LogP contribution < -0.4 is 0 Å². The topological polar surface area (TPSA) is 57.7 Å². The zero-order chi connectivity index (χ0) is 18.3. The second-order valence-electron chi connectivity index (χ2n) is 6.48. The first-order valence-electron chi connectivity index (χ1n) is 8.47. The van der Waals surface area contributed by atoms with Crippen LogP contribution in [0.4, 0.5) is 0 Å². The Morgan fingerprint density at radius 3 is 2.17 bits per heavy atom. The van der Waals surface area contributed by atoms with E-state index in [0.29, 0.717) is 6.54 Å². The summed E-state index contributed by atoms with van der Waals surface area (Å²) < 4.78 is 25.3. The van der Waals surface area contributed by atoms with Crippen LogP contribution in [0.1, 0.15) is 46.1 Å². The van der Waals surface area contributed by atoms with Crippen LogP contribution in [0.25, 0.3) is 0 Å². The van der Waals surface area contributed by atoms with Crippen molar-refractivity contribution in [3.05, 3.63) is 35.9 Å². The third-order valence-electron chi connectivity index (χ3n) is 4.19. The van der Waals surface area contributed by atoms with E-state index in [0.717, 1.165) is 12.0 Å². The molecule has 1 aromatic rings. The number of hydrogen-bond donors (Lipinski definition) is 0. The van der Waals surface area contributed by atoms with Crippen molar-refractivity contribution in [1.29, 1.82) is 0 Å². The normalized spacial score (nSPS) is 13.3. The van der Waals surface area contributed by atoms with E-state index in [4.69, 9.17) is 0 Å². The predicted octanol–water partition coefficient (Wildman–Crippen LogP) is 2.87. The maximum atomic E-state index is 12.6. The molecule has 1 aromatic carbocycles. The van der Waals surface area contributed by atoms with Gasteiger partial charge in [-0.15, -0.1) is 0 Å². The van der Waals surface area contributed by atoms with Crippen molar-refractivity contribution in [2.24, 2.45) is 0 Å². The van der Waals surface area contributed by atoms with E-state index in [1.807, 2.05) is 58.0 Å². The lowest BCUT2D eigenvalue weighted by Crippen LogP contribution is -2.42. The molecule has 1 unspecified atom stereocenters. The van der Waals surface area contributed by atoms with Gasteiger partial charge in [-0.2, -0.15) is 4.31 Å². The van der Waals surface area contributed by atoms with E-state index in [9.17, 15) is 13.2 Å². The molecule has 0 fully saturated rings. The fourth-order valence-electron chi connectivity index (χ4n) is 2.61. The van der Waals surface area contributed by atoms with Gasteiger partial charge in [0.1, 0.15) is 0 Å². The van der Waals surface area contributed by atoms with E-state index >= 15 is 0 Å². The molecule has 0 heterocycles. The fraction of sp³-hybridized carbons (Fsp3) is 0.611. The van der Waals surface area contributed by atoms with E-state index in [1.165, 1.54) is 10.6 Å². The lowest BCUT2D eigenvalue weighted by atomic mass is 10.1.